The van der Waals surface area contributed by atoms with Crippen LogP contribution < -0.4 is 10.6 Å². The number of ether oxygens (including phenoxy) is 1. The Hall–Kier alpha value is -3.75. The molecule has 0 atom stereocenters. The molecule has 9 heteroatoms. The molecule has 1 aromatic heterocycles. The van der Waals surface area contributed by atoms with E-state index in [0.717, 1.165) is 11.1 Å². The molecule has 0 unspecified atom stereocenters. The van der Waals surface area contributed by atoms with Gasteiger partial charge in [-0.2, -0.15) is 5.10 Å². The normalized spacial score (nSPS) is 10.9. The number of hydrogen-bond acceptors (Lipinski definition) is 4. The minimum absolute atomic E-state index is 0.0451. The first-order valence-electron chi connectivity index (χ1n) is 10.0. The first-order chi connectivity index (χ1) is 16.0. The summed E-state index contributed by atoms with van der Waals surface area (Å²) >= 11 is 6.27. The number of fused-ring (bicyclic) bond motifs is 1. The van der Waals surface area contributed by atoms with Gasteiger partial charge in [0.1, 0.15) is 12.4 Å². The van der Waals surface area contributed by atoms with Gasteiger partial charge in [-0.3, -0.25) is 9.59 Å². The zero-order valence-electron chi connectivity index (χ0n) is 17.6. The van der Waals surface area contributed by atoms with E-state index < -0.39 is 5.91 Å². The van der Waals surface area contributed by atoms with E-state index in [1.807, 2.05) is 6.07 Å². The molecule has 33 heavy (non-hydrogen) atoms. The number of methoxy groups -OCH3 is 1. The molecular weight excluding hydrogens is 447 g/mol. The summed E-state index contributed by atoms with van der Waals surface area (Å²) in [5.41, 5.74) is 3.00. The highest BCUT2D eigenvalue weighted by atomic mass is 35.5. The Morgan fingerprint density at radius 3 is 2.67 bits per heavy atom. The Balaban J connectivity index is 1.57. The lowest BCUT2D eigenvalue weighted by atomic mass is 10.1. The van der Waals surface area contributed by atoms with Crippen molar-refractivity contribution in [2.75, 3.05) is 19.0 Å². The number of rotatable bonds is 7. The molecule has 0 saturated carbocycles. The van der Waals surface area contributed by atoms with Gasteiger partial charge in [0.2, 0.25) is 5.91 Å². The molecule has 0 aliphatic carbocycles. The quantitative estimate of drug-likeness (QED) is 0.424. The van der Waals surface area contributed by atoms with Crippen molar-refractivity contribution in [3.63, 3.8) is 0 Å². The highest BCUT2D eigenvalue weighted by Crippen LogP contribution is 2.27. The van der Waals surface area contributed by atoms with Crippen molar-refractivity contribution in [3.8, 4) is 5.69 Å². The van der Waals surface area contributed by atoms with Crippen LogP contribution in [0.25, 0.3) is 16.6 Å². The molecule has 0 bridgehead atoms. The fourth-order valence-corrected chi connectivity index (χ4v) is 3.58. The third kappa shape index (κ3) is 5.02. The Kier molecular flexibility index (Phi) is 6.67. The number of carbonyl (C=O) groups excluding carboxylic acids is 2. The second kappa shape index (κ2) is 9.81. The Bertz CT molecular complexity index is 1320. The third-order valence-corrected chi connectivity index (χ3v) is 5.30. The molecule has 0 saturated heterocycles. The molecule has 7 nitrogen and oxygen atoms in total. The number of nitrogens with one attached hydrogen (secondary N) is 2. The Labute approximate surface area is 194 Å². The van der Waals surface area contributed by atoms with Crippen molar-refractivity contribution in [3.05, 3.63) is 88.8 Å². The van der Waals surface area contributed by atoms with Gasteiger partial charge in [-0.15, -0.1) is 0 Å². The van der Waals surface area contributed by atoms with Gasteiger partial charge < -0.3 is 15.4 Å². The molecule has 2 amide bonds. The number of halogens is 2. The second-order valence-electron chi connectivity index (χ2n) is 7.25. The summed E-state index contributed by atoms with van der Waals surface area (Å²) in [5.74, 6) is -0.990. The zero-order valence-corrected chi connectivity index (χ0v) is 18.4. The van der Waals surface area contributed by atoms with Gasteiger partial charge in [0.15, 0.2) is 0 Å². The predicted octanol–water partition coefficient (Wildman–Crippen LogP) is 4.33. The monoisotopic (exact) mass is 466 g/mol. The minimum Gasteiger partial charge on any atom is -0.375 e. The maximum atomic E-state index is 13.3. The van der Waals surface area contributed by atoms with E-state index in [9.17, 15) is 14.0 Å². The number of amides is 2. The predicted molar refractivity (Wildman–Crippen MR) is 124 cm³/mol. The van der Waals surface area contributed by atoms with Crippen LogP contribution >= 0.6 is 11.6 Å². The van der Waals surface area contributed by atoms with Crippen molar-refractivity contribution in [1.82, 2.24) is 15.1 Å². The first kappa shape index (κ1) is 22.4. The summed E-state index contributed by atoms with van der Waals surface area (Å²) in [6.45, 7) is 0.191. The molecule has 0 spiro atoms. The summed E-state index contributed by atoms with van der Waals surface area (Å²) < 4.78 is 19.7. The highest BCUT2D eigenvalue weighted by Gasteiger charge is 2.15. The van der Waals surface area contributed by atoms with Crippen LogP contribution in [0.1, 0.15) is 15.9 Å². The lowest BCUT2D eigenvalue weighted by molar-refractivity contribution is -0.124. The fourth-order valence-electron chi connectivity index (χ4n) is 3.38. The second-order valence-corrected chi connectivity index (χ2v) is 7.66. The van der Waals surface area contributed by atoms with Crippen LogP contribution in [0.15, 0.2) is 66.9 Å². The fraction of sp³-hybridized carbons (Fsp3) is 0.125. The van der Waals surface area contributed by atoms with Gasteiger partial charge >= 0.3 is 0 Å². The molecule has 0 fully saturated rings. The van der Waals surface area contributed by atoms with E-state index >= 15 is 0 Å². The molecule has 4 aromatic rings. The third-order valence-electron chi connectivity index (χ3n) is 4.97. The molecule has 0 aliphatic rings. The van der Waals surface area contributed by atoms with Crippen LogP contribution in [-0.2, 0) is 16.1 Å². The van der Waals surface area contributed by atoms with Gasteiger partial charge in [-0.1, -0.05) is 23.7 Å². The van der Waals surface area contributed by atoms with Crippen LogP contribution in [0.5, 0.6) is 0 Å². The van der Waals surface area contributed by atoms with Crippen LogP contribution in [-0.4, -0.2) is 35.3 Å². The number of hydrogen-bond donors (Lipinski definition) is 2. The van der Waals surface area contributed by atoms with Crippen LogP contribution in [0, 0.1) is 5.82 Å². The smallest absolute Gasteiger partial charge is 0.257 e. The molecule has 4 rings (SSSR count). The summed E-state index contributed by atoms with van der Waals surface area (Å²) in [7, 11) is 1.44. The summed E-state index contributed by atoms with van der Waals surface area (Å²) in [6, 6.07) is 16.4. The maximum Gasteiger partial charge on any atom is 0.257 e. The maximum absolute atomic E-state index is 13.3. The van der Waals surface area contributed by atoms with Crippen LogP contribution in [0.3, 0.4) is 0 Å². The molecule has 0 aliphatic heterocycles. The highest BCUT2D eigenvalue weighted by molar-refractivity contribution is 6.34. The van der Waals surface area contributed by atoms with E-state index in [2.05, 4.69) is 15.7 Å². The largest absolute Gasteiger partial charge is 0.375 e. The van der Waals surface area contributed by atoms with Gasteiger partial charge in [0.05, 0.1) is 33.7 Å². The SMILES string of the molecule is COCC(=O)NCc1ccc(Cl)c(C(=O)Nc2cccc3c2cnn3-c2ccc(F)cc2)c1. The molecule has 1 heterocycles. The van der Waals surface area contributed by atoms with Crippen molar-refractivity contribution in [2.24, 2.45) is 0 Å². The average Bonchev–Trinajstić information content (AvgIpc) is 3.24. The number of anilines is 1. The van der Waals surface area contributed by atoms with Crippen LogP contribution in [0.2, 0.25) is 5.02 Å². The van der Waals surface area contributed by atoms with Gasteiger partial charge in [-0.25, -0.2) is 9.07 Å². The summed E-state index contributed by atoms with van der Waals surface area (Å²) in [5, 5.41) is 11.0. The lowest BCUT2D eigenvalue weighted by Gasteiger charge is -2.11. The first-order valence-corrected chi connectivity index (χ1v) is 10.4. The van der Waals surface area contributed by atoms with Gasteiger partial charge in [0.25, 0.3) is 5.91 Å². The van der Waals surface area contributed by atoms with E-state index in [1.165, 1.54) is 19.2 Å². The van der Waals surface area contributed by atoms with E-state index in [0.29, 0.717) is 16.8 Å². The summed E-state index contributed by atoms with van der Waals surface area (Å²) in [4.78, 5) is 24.6. The number of benzene rings is 3. The van der Waals surface area contributed by atoms with Crippen molar-refractivity contribution >= 4 is 40.0 Å². The molecule has 3 aromatic carbocycles. The number of nitrogens with zero attached hydrogens (tertiary/aromatic N) is 2. The molecule has 2 N–H and O–H groups in total. The zero-order chi connectivity index (χ0) is 23.4. The molecular formula is C24H20ClFN4O3. The van der Waals surface area contributed by atoms with Gasteiger partial charge in [-0.05, 0) is 54.1 Å². The van der Waals surface area contributed by atoms with E-state index in [4.69, 9.17) is 16.3 Å². The molecule has 0 radical (unpaired) electrons. The Morgan fingerprint density at radius 2 is 1.91 bits per heavy atom. The van der Waals surface area contributed by atoms with Crippen molar-refractivity contribution in [2.45, 2.75) is 6.54 Å². The summed E-state index contributed by atoms with van der Waals surface area (Å²) in [6.07, 6.45) is 1.64. The molecule has 168 valence electrons. The van der Waals surface area contributed by atoms with Crippen LogP contribution in [0.4, 0.5) is 10.1 Å². The minimum atomic E-state index is -0.396. The van der Waals surface area contributed by atoms with Gasteiger partial charge in [0, 0.05) is 19.0 Å². The lowest BCUT2D eigenvalue weighted by Crippen LogP contribution is -2.26. The van der Waals surface area contributed by atoms with Crippen molar-refractivity contribution < 1.29 is 18.7 Å². The standard InChI is InChI=1S/C24H20ClFN4O3/c1-33-14-23(31)27-12-15-5-10-20(25)18(11-15)24(32)29-21-3-2-4-22-19(21)13-28-30(22)17-8-6-16(26)7-9-17/h2-11,13H,12,14H2,1H3,(H,27,31)(H,29,32). The number of aromatic nitrogens is 2. The number of carbonyl (C=O) groups is 2. The average molecular weight is 467 g/mol. The Morgan fingerprint density at radius 1 is 1.12 bits per heavy atom. The van der Waals surface area contributed by atoms with E-state index in [-0.39, 0.29) is 35.5 Å². The topological polar surface area (TPSA) is 85.2 Å². The van der Waals surface area contributed by atoms with Crippen molar-refractivity contribution in [1.29, 1.82) is 0 Å². The van der Waals surface area contributed by atoms with E-state index in [1.54, 1.807) is 53.3 Å².